The average Bonchev–Trinajstić information content (AvgIpc) is 3.44. The van der Waals surface area contributed by atoms with Crippen molar-refractivity contribution in [2.24, 2.45) is 0 Å². The third-order valence-corrected chi connectivity index (χ3v) is 9.09. The minimum Gasteiger partial charge on any atom is -0.495 e. The maximum Gasteiger partial charge on any atom is 0.416 e. The Hall–Kier alpha value is -5.26. The molecule has 48 heavy (non-hydrogen) atoms. The van der Waals surface area contributed by atoms with E-state index in [0.29, 0.717) is 26.2 Å². The molecule has 0 spiro atoms. The molecule has 1 N–H and O–H groups in total. The number of nitrogens with one attached hydrogen (secondary N) is 1. The molecule has 4 amide bonds. The second-order valence-electron chi connectivity index (χ2n) is 11.8. The summed E-state index contributed by atoms with van der Waals surface area (Å²) < 4.78 is 48.0. The number of hydrogen-bond acceptors (Lipinski definition) is 5. The highest BCUT2D eigenvalue weighted by Gasteiger charge is 2.49. The van der Waals surface area contributed by atoms with E-state index in [-0.39, 0.29) is 42.3 Å². The van der Waals surface area contributed by atoms with Gasteiger partial charge in [-0.2, -0.15) is 13.2 Å². The molecule has 2 unspecified atom stereocenters. The van der Waals surface area contributed by atoms with Gasteiger partial charge in [-0.25, -0.2) is 4.79 Å². The molecule has 3 heterocycles. The molecule has 12 heteroatoms. The maximum atomic E-state index is 14.5. The predicted molar refractivity (Wildman–Crippen MR) is 174 cm³/mol. The van der Waals surface area contributed by atoms with Gasteiger partial charge in [0.2, 0.25) is 5.91 Å². The van der Waals surface area contributed by atoms with Gasteiger partial charge in [-0.3, -0.25) is 14.5 Å². The molecule has 1 fully saturated rings. The number of benzene rings is 3. The van der Waals surface area contributed by atoms with E-state index < -0.39 is 35.8 Å². The lowest BCUT2D eigenvalue weighted by molar-refractivity contribution is -0.143. The molecule has 1 saturated heterocycles. The van der Waals surface area contributed by atoms with Crippen molar-refractivity contribution in [3.63, 3.8) is 0 Å². The SMILES string of the molecule is C=CCN1C(=O)NC(c2ccccc2C(F)(F)F)C2=C1CN(C(Cc1ccccc1)C(=O)N1CCN(c3ccccc3OC)CC1)C2=O. The van der Waals surface area contributed by atoms with Crippen molar-refractivity contribution >= 4 is 23.5 Å². The van der Waals surface area contributed by atoms with Crippen LogP contribution in [0.3, 0.4) is 0 Å². The number of carbonyl (C=O) groups is 3. The lowest BCUT2D eigenvalue weighted by Gasteiger charge is -2.39. The van der Waals surface area contributed by atoms with Crippen LogP contribution in [-0.4, -0.2) is 85.0 Å². The number of carbonyl (C=O) groups excluding carboxylic acids is 3. The summed E-state index contributed by atoms with van der Waals surface area (Å²) in [6.07, 6.45) is -3.06. The Kier molecular flexibility index (Phi) is 9.16. The van der Waals surface area contributed by atoms with Crippen molar-refractivity contribution in [1.29, 1.82) is 0 Å². The topological polar surface area (TPSA) is 85.4 Å². The van der Waals surface area contributed by atoms with Crippen molar-refractivity contribution in [3.8, 4) is 5.75 Å². The number of anilines is 1. The number of halogens is 3. The zero-order valence-electron chi connectivity index (χ0n) is 26.5. The van der Waals surface area contributed by atoms with Crippen molar-refractivity contribution < 1.29 is 32.3 Å². The second kappa shape index (κ2) is 13.5. The second-order valence-corrected chi connectivity index (χ2v) is 11.8. The van der Waals surface area contributed by atoms with Gasteiger partial charge in [-0.1, -0.05) is 66.7 Å². The molecule has 3 aromatic rings. The van der Waals surface area contributed by atoms with E-state index in [1.807, 2.05) is 54.6 Å². The van der Waals surface area contributed by atoms with E-state index in [9.17, 15) is 27.6 Å². The van der Waals surface area contributed by atoms with Crippen molar-refractivity contribution in [1.82, 2.24) is 20.0 Å². The van der Waals surface area contributed by atoms with Gasteiger partial charge in [-0.05, 0) is 29.3 Å². The minimum absolute atomic E-state index is 0.0139. The first-order valence-electron chi connectivity index (χ1n) is 15.7. The summed E-state index contributed by atoms with van der Waals surface area (Å²) in [6, 6.07) is 18.9. The van der Waals surface area contributed by atoms with Crippen LogP contribution in [0.15, 0.2) is 103 Å². The number of nitrogens with zero attached hydrogens (tertiary/aromatic N) is 4. The number of alkyl halides is 3. The van der Waals surface area contributed by atoms with Crippen molar-refractivity contribution in [2.75, 3.05) is 51.3 Å². The summed E-state index contributed by atoms with van der Waals surface area (Å²) >= 11 is 0. The summed E-state index contributed by atoms with van der Waals surface area (Å²) in [5.74, 6) is -0.135. The Morgan fingerprint density at radius 3 is 2.33 bits per heavy atom. The lowest BCUT2D eigenvalue weighted by Crippen LogP contribution is -2.56. The fourth-order valence-corrected chi connectivity index (χ4v) is 6.77. The number of urea groups is 1. The predicted octanol–water partition coefficient (Wildman–Crippen LogP) is 5.02. The van der Waals surface area contributed by atoms with Crippen LogP contribution in [-0.2, 0) is 22.2 Å². The zero-order chi connectivity index (χ0) is 34.0. The number of rotatable bonds is 9. The minimum atomic E-state index is -4.72. The Morgan fingerprint density at radius 1 is 0.979 bits per heavy atom. The number of ether oxygens (including phenoxy) is 1. The highest BCUT2D eigenvalue weighted by molar-refractivity contribution is 6.04. The van der Waals surface area contributed by atoms with E-state index in [1.54, 1.807) is 12.0 Å². The lowest BCUT2D eigenvalue weighted by atomic mass is 9.91. The molecule has 3 aliphatic heterocycles. The average molecular weight is 660 g/mol. The summed E-state index contributed by atoms with van der Waals surface area (Å²) in [5.41, 5.74) is 0.826. The third kappa shape index (κ3) is 6.22. The molecular weight excluding hydrogens is 623 g/mol. The Morgan fingerprint density at radius 2 is 1.65 bits per heavy atom. The fourth-order valence-electron chi connectivity index (χ4n) is 6.77. The standard InChI is InChI=1S/C36H36F3N5O4/c1-3-17-43-29-23-44(34(46)31(29)32(40-35(43)47)25-13-7-8-14-26(25)36(37,38)39)28(22-24-11-5-4-6-12-24)33(45)42-20-18-41(19-21-42)27-15-9-10-16-30(27)48-2/h3-16,28,32H,1,17-23H2,2H3,(H,40,47). The molecule has 250 valence electrons. The summed E-state index contributed by atoms with van der Waals surface area (Å²) in [7, 11) is 1.61. The Balaban J connectivity index is 1.33. The van der Waals surface area contributed by atoms with Gasteiger partial charge in [0, 0.05) is 39.1 Å². The largest absolute Gasteiger partial charge is 0.495 e. The monoisotopic (exact) mass is 659 g/mol. The number of piperazine rings is 1. The molecule has 0 aliphatic carbocycles. The van der Waals surface area contributed by atoms with Crippen LogP contribution in [0.5, 0.6) is 5.75 Å². The van der Waals surface area contributed by atoms with Crippen LogP contribution in [0.4, 0.5) is 23.7 Å². The van der Waals surface area contributed by atoms with E-state index in [4.69, 9.17) is 4.74 Å². The number of hydrogen-bond donors (Lipinski definition) is 1. The highest BCUT2D eigenvalue weighted by Crippen LogP contribution is 2.42. The Labute approximate surface area is 276 Å². The third-order valence-electron chi connectivity index (χ3n) is 9.09. The quantitative estimate of drug-likeness (QED) is 0.326. The van der Waals surface area contributed by atoms with Crippen LogP contribution in [0, 0.1) is 0 Å². The first-order chi connectivity index (χ1) is 23.1. The van der Waals surface area contributed by atoms with Crippen LogP contribution in [0.1, 0.15) is 22.7 Å². The summed E-state index contributed by atoms with van der Waals surface area (Å²) in [6.45, 7) is 5.48. The molecule has 0 bridgehead atoms. The van der Waals surface area contributed by atoms with E-state index in [0.717, 1.165) is 23.1 Å². The van der Waals surface area contributed by atoms with Crippen LogP contribution in [0.2, 0.25) is 0 Å². The van der Waals surface area contributed by atoms with Crippen LogP contribution in [0.25, 0.3) is 0 Å². The molecule has 3 aromatic carbocycles. The van der Waals surface area contributed by atoms with E-state index in [2.05, 4.69) is 16.8 Å². The maximum absolute atomic E-state index is 14.5. The first kappa shape index (κ1) is 32.7. The molecule has 0 saturated carbocycles. The van der Waals surface area contributed by atoms with Gasteiger partial charge in [0.05, 0.1) is 42.2 Å². The number of methoxy groups -OCH3 is 1. The summed E-state index contributed by atoms with van der Waals surface area (Å²) in [4.78, 5) is 48.8. The first-order valence-corrected chi connectivity index (χ1v) is 15.7. The molecular formula is C36H36F3N5O4. The van der Waals surface area contributed by atoms with Gasteiger partial charge in [0.25, 0.3) is 5.91 Å². The molecule has 6 rings (SSSR count). The van der Waals surface area contributed by atoms with E-state index >= 15 is 0 Å². The van der Waals surface area contributed by atoms with Crippen molar-refractivity contribution in [3.05, 3.63) is 119 Å². The molecule has 2 atom stereocenters. The highest BCUT2D eigenvalue weighted by atomic mass is 19.4. The zero-order valence-corrected chi connectivity index (χ0v) is 26.5. The molecule has 3 aliphatic rings. The Bertz CT molecular complexity index is 1740. The normalized spacial score (nSPS) is 18.9. The van der Waals surface area contributed by atoms with Crippen molar-refractivity contribution in [2.45, 2.75) is 24.7 Å². The molecule has 9 nitrogen and oxygen atoms in total. The molecule has 0 aromatic heterocycles. The smallest absolute Gasteiger partial charge is 0.416 e. The van der Waals surface area contributed by atoms with Gasteiger partial charge in [0.1, 0.15) is 11.8 Å². The fraction of sp³-hybridized carbons (Fsp3) is 0.306. The van der Waals surface area contributed by atoms with Crippen LogP contribution >= 0.6 is 0 Å². The number of amides is 4. The summed E-state index contributed by atoms with van der Waals surface area (Å²) in [5, 5.41) is 2.64. The van der Waals surface area contributed by atoms with Gasteiger partial charge in [0.15, 0.2) is 0 Å². The van der Waals surface area contributed by atoms with Gasteiger partial charge in [-0.15, -0.1) is 6.58 Å². The molecule has 0 radical (unpaired) electrons. The van der Waals surface area contributed by atoms with Crippen LogP contribution < -0.4 is 15.0 Å². The van der Waals surface area contributed by atoms with Gasteiger partial charge < -0.3 is 24.8 Å². The van der Waals surface area contributed by atoms with Gasteiger partial charge >= 0.3 is 12.2 Å². The number of para-hydroxylation sites is 2. The van der Waals surface area contributed by atoms with E-state index in [1.165, 1.54) is 34.1 Å².